The highest BCUT2D eigenvalue weighted by Crippen LogP contribution is 2.05. The number of rotatable bonds is 11. The topological polar surface area (TPSA) is 82.1 Å². The summed E-state index contributed by atoms with van der Waals surface area (Å²) in [6.45, 7) is 0.993. The van der Waals surface area contributed by atoms with Crippen LogP contribution in [0.15, 0.2) is 0 Å². The Morgan fingerprint density at radius 2 is 1.68 bits per heavy atom. The molecule has 0 aliphatic rings. The third kappa shape index (κ3) is 8.14. The smallest absolute Gasteiger partial charge is 0.306 e. The van der Waals surface area contributed by atoms with E-state index in [1.54, 1.807) is 0 Å². The second-order valence-electron chi connectivity index (χ2n) is 3.88. The van der Waals surface area contributed by atoms with E-state index in [0.29, 0.717) is 13.0 Å². The van der Waals surface area contributed by atoms with E-state index in [1.165, 1.54) is 25.6 Å². The van der Waals surface area contributed by atoms with Crippen molar-refractivity contribution in [2.45, 2.75) is 12.8 Å². The SMILES string of the molecule is COCCCS(=O)(=O)N(CCOC)CCC(=O)OC. The zero-order valence-corrected chi connectivity index (χ0v) is 12.6. The molecule has 0 spiro atoms. The van der Waals surface area contributed by atoms with E-state index in [9.17, 15) is 13.2 Å². The van der Waals surface area contributed by atoms with Gasteiger partial charge in [0, 0.05) is 33.9 Å². The van der Waals surface area contributed by atoms with Crippen LogP contribution in [0.1, 0.15) is 12.8 Å². The van der Waals surface area contributed by atoms with Crippen LogP contribution in [0.5, 0.6) is 0 Å². The molecule has 114 valence electrons. The molecule has 0 aliphatic carbocycles. The van der Waals surface area contributed by atoms with E-state index in [1.807, 2.05) is 0 Å². The molecule has 7 nitrogen and oxygen atoms in total. The fourth-order valence-electron chi connectivity index (χ4n) is 1.42. The minimum Gasteiger partial charge on any atom is -0.469 e. The van der Waals surface area contributed by atoms with Crippen LogP contribution in [0.4, 0.5) is 0 Å². The lowest BCUT2D eigenvalue weighted by Gasteiger charge is -2.21. The molecular formula is C11H23NO6S. The molecule has 19 heavy (non-hydrogen) atoms. The fourth-order valence-corrected chi connectivity index (χ4v) is 2.88. The van der Waals surface area contributed by atoms with Gasteiger partial charge < -0.3 is 14.2 Å². The van der Waals surface area contributed by atoms with Gasteiger partial charge in [-0.2, -0.15) is 4.31 Å². The summed E-state index contributed by atoms with van der Waals surface area (Å²) in [4.78, 5) is 11.1. The maximum absolute atomic E-state index is 12.1. The Bertz CT molecular complexity index is 343. The molecule has 0 amide bonds. The molecule has 0 aromatic rings. The Labute approximate surface area is 114 Å². The summed E-state index contributed by atoms with van der Waals surface area (Å²) < 4.78 is 39.6. The van der Waals surface area contributed by atoms with Crippen molar-refractivity contribution in [3.8, 4) is 0 Å². The summed E-state index contributed by atoms with van der Waals surface area (Å²) in [6.07, 6.45) is 0.449. The molecule has 0 atom stereocenters. The molecule has 0 radical (unpaired) electrons. The first-order valence-corrected chi connectivity index (χ1v) is 7.61. The van der Waals surface area contributed by atoms with E-state index in [2.05, 4.69) is 4.74 Å². The Kier molecular flexibility index (Phi) is 9.76. The zero-order valence-electron chi connectivity index (χ0n) is 11.8. The standard InChI is InChI=1S/C11H23NO6S/c1-16-8-4-10-19(14,15)12(7-9-17-2)6-5-11(13)18-3/h4-10H2,1-3H3. The van der Waals surface area contributed by atoms with Gasteiger partial charge in [0.1, 0.15) is 0 Å². The van der Waals surface area contributed by atoms with Crippen molar-refractivity contribution < 1.29 is 27.4 Å². The maximum atomic E-state index is 12.1. The van der Waals surface area contributed by atoms with Crippen LogP contribution in [-0.2, 0) is 29.0 Å². The van der Waals surface area contributed by atoms with E-state index in [0.717, 1.165) is 0 Å². The van der Waals surface area contributed by atoms with Crippen LogP contribution in [0.3, 0.4) is 0 Å². The van der Waals surface area contributed by atoms with Crippen molar-refractivity contribution >= 4 is 16.0 Å². The first-order valence-electron chi connectivity index (χ1n) is 6.00. The molecule has 0 heterocycles. The molecule has 0 saturated heterocycles. The molecule has 0 aromatic heterocycles. The van der Waals surface area contributed by atoms with Gasteiger partial charge in [0.2, 0.25) is 10.0 Å². The minimum atomic E-state index is -3.41. The summed E-state index contributed by atoms with van der Waals surface area (Å²) in [5.74, 6) is -0.444. The van der Waals surface area contributed by atoms with Crippen LogP contribution in [-0.4, -0.2) is 72.1 Å². The van der Waals surface area contributed by atoms with Crippen molar-refractivity contribution in [1.82, 2.24) is 4.31 Å². The summed E-state index contributed by atoms with van der Waals surface area (Å²) >= 11 is 0. The van der Waals surface area contributed by atoms with Gasteiger partial charge in [0.25, 0.3) is 0 Å². The molecule has 0 fully saturated rings. The van der Waals surface area contributed by atoms with E-state index in [4.69, 9.17) is 9.47 Å². The first kappa shape index (κ1) is 18.3. The van der Waals surface area contributed by atoms with Crippen LogP contribution < -0.4 is 0 Å². The highest BCUT2D eigenvalue weighted by atomic mass is 32.2. The van der Waals surface area contributed by atoms with Crippen LogP contribution >= 0.6 is 0 Å². The van der Waals surface area contributed by atoms with Crippen LogP contribution in [0, 0.1) is 0 Å². The molecule has 0 saturated carbocycles. The van der Waals surface area contributed by atoms with Gasteiger partial charge >= 0.3 is 5.97 Å². The third-order valence-electron chi connectivity index (χ3n) is 2.48. The largest absolute Gasteiger partial charge is 0.469 e. The number of nitrogens with zero attached hydrogens (tertiary/aromatic N) is 1. The van der Waals surface area contributed by atoms with Gasteiger partial charge in [-0.1, -0.05) is 0 Å². The molecule has 0 bridgehead atoms. The van der Waals surface area contributed by atoms with E-state index in [-0.39, 0.29) is 31.9 Å². The third-order valence-corrected chi connectivity index (χ3v) is 4.44. The number of sulfonamides is 1. The van der Waals surface area contributed by atoms with Crippen molar-refractivity contribution in [2.75, 3.05) is 53.4 Å². The second kappa shape index (κ2) is 10.1. The number of carbonyl (C=O) groups is 1. The van der Waals surface area contributed by atoms with Gasteiger partial charge in [0.15, 0.2) is 0 Å². The highest BCUT2D eigenvalue weighted by Gasteiger charge is 2.22. The van der Waals surface area contributed by atoms with Crippen molar-refractivity contribution in [1.29, 1.82) is 0 Å². The van der Waals surface area contributed by atoms with Crippen molar-refractivity contribution in [3.05, 3.63) is 0 Å². The van der Waals surface area contributed by atoms with Gasteiger partial charge in [-0.05, 0) is 6.42 Å². The molecule has 0 N–H and O–H groups in total. The highest BCUT2D eigenvalue weighted by molar-refractivity contribution is 7.89. The summed E-state index contributed by atoms with van der Waals surface area (Å²) in [5.41, 5.74) is 0. The Morgan fingerprint density at radius 1 is 1.05 bits per heavy atom. The lowest BCUT2D eigenvalue weighted by Crippen LogP contribution is -2.37. The molecule has 0 unspecified atom stereocenters. The van der Waals surface area contributed by atoms with Gasteiger partial charge in [0.05, 0.1) is 25.9 Å². The van der Waals surface area contributed by atoms with Crippen LogP contribution in [0.2, 0.25) is 0 Å². The average Bonchev–Trinajstić information content (AvgIpc) is 2.38. The van der Waals surface area contributed by atoms with Gasteiger partial charge in [-0.15, -0.1) is 0 Å². The van der Waals surface area contributed by atoms with Crippen molar-refractivity contribution in [2.24, 2.45) is 0 Å². The number of hydrogen-bond donors (Lipinski definition) is 0. The molecule has 0 rings (SSSR count). The summed E-state index contributed by atoms with van der Waals surface area (Å²) in [6, 6.07) is 0. The molecule has 8 heteroatoms. The van der Waals surface area contributed by atoms with Crippen LogP contribution in [0.25, 0.3) is 0 Å². The second-order valence-corrected chi connectivity index (χ2v) is 5.97. The Hall–Kier alpha value is -0.700. The number of carbonyl (C=O) groups excluding carboxylic acids is 1. The van der Waals surface area contributed by atoms with E-state index >= 15 is 0 Å². The predicted octanol–water partition coefficient (Wildman–Crippen LogP) is -0.136. The lowest BCUT2D eigenvalue weighted by atomic mass is 10.4. The van der Waals surface area contributed by atoms with Gasteiger partial charge in [-0.3, -0.25) is 4.79 Å². The number of hydrogen-bond acceptors (Lipinski definition) is 6. The number of methoxy groups -OCH3 is 3. The lowest BCUT2D eigenvalue weighted by molar-refractivity contribution is -0.140. The first-order chi connectivity index (χ1) is 8.97. The maximum Gasteiger partial charge on any atom is 0.306 e. The Morgan fingerprint density at radius 3 is 2.21 bits per heavy atom. The number of ether oxygens (including phenoxy) is 3. The quantitative estimate of drug-likeness (QED) is 0.390. The molecular weight excluding hydrogens is 274 g/mol. The summed E-state index contributed by atoms with van der Waals surface area (Å²) in [7, 11) is 0.884. The predicted molar refractivity (Wildman–Crippen MR) is 70.4 cm³/mol. The Balaban J connectivity index is 4.48. The average molecular weight is 297 g/mol. The van der Waals surface area contributed by atoms with Crippen molar-refractivity contribution in [3.63, 3.8) is 0 Å². The van der Waals surface area contributed by atoms with Gasteiger partial charge in [-0.25, -0.2) is 8.42 Å². The normalized spacial score (nSPS) is 11.8. The summed E-state index contributed by atoms with van der Waals surface area (Å²) in [5, 5.41) is 0. The van der Waals surface area contributed by atoms with E-state index < -0.39 is 16.0 Å². The number of esters is 1. The fraction of sp³-hybridized carbons (Fsp3) is 0.909. The molecule has 0 aliphatic heterocycles. The monoisotopic (exact) mass is 297 g/mol. The minimum absolute atomic E-state index is 0.00821. The molecule has 0 aromatic carbocycles. The zero-order chi connectivity index (χ0) is 14.7.